The van der Waals surface area contributed by atoms with Crippen molar-refractivity contribution < 1.29 is 9.53 Å². The number of nitrogens with zero attached hydrogens (tertiary/aromatic N) is 3. The molecule has 2 atom stereocenters. The summed E-state index contributed by atoms with van der Waals surface area (Å²) in [5.41, 5.74) is 7.74. The van der Waals surface area contributed by atoms with Crippen LogP contribution in [0.3, 0.4) is 0 Å². The molecule has 3 heterocycles. The van der Waals surface area contributed by atoms with Gasteiger partial charge in [-0.3, -0.25) is 20.2 Å². The van der Waals surface area contributed by atoms with Gasteiger partial charge in [-0.1, -0.05) is 18.2 Å². The lowest BCUT2D eigenvalue weighted by atomic mass is 10.1. The molecule has 0 saturated carbocycles. The summed E-state index contributed by atoms with van der Waals surface area (Å²) < 4.78 is 5.33. The maximum atomic E-state index is 12.5. The number of nitrogens with one attached hydrogen (secondary N) is 4. The van der Waals surface area contributed by atoms with Crippen molar-refractivity contribution in [2.45, 2.75) is 18.5 Å². The van der Waals surface area contributed by atoms with E-state index in [9.17, 15) is 4.79 Å². The largest absolute Gasteiger partial charge is 0.496 e. The summed E-state index contributed by atoms with van der Waals surface area (Å²) in [6, 6.07) is 12.7. The van der Waals surface area contributed by atoms with Gasteiger partial charge in [-0.05, 0) is 30.7 Å². The van der Waals surface area contributed by atoms with Gasteiger partial charge in [-0.25, -0.2) is 10.9 Å². The van der Waals surface area contributed by atoms with E-state index in [4.69, 9.17) is 4.74 Å². The lowest BCUT2D eigenvalue weighted by Gasteiger charge is -2.08. The van der Waals surface area contributed by atoms with Crippen molar-refractivity contribution in [3.8, 4) is 17.1 Å². The molecular formula is C18H19N7O2. The molecular weight excluding hydrogens is 346 g/mol. The number of H-pyrrole nitrogens is 1. The number of hydrogen-bond donors (Lipinski definition) is 4. The molecule has 1 amide bonds. The topological polar surface area (TPSA) is 117 Å². The van der Waals surface area contributed by atoms with Gasteiger partial charge in [-0.2, -0.15) is 4.98 Å². The molecule has 2 aromatic heterocycles. The van der Waals surface area contributed by atoms with Crippen molar-refractivity contribution in [1.82, 2.24) is 31.0 Å². The number of hydrogen-bond acceptors (Lipinski definition) is 7. The SMILES string of the molecule is COc1ccccc1-c1nc(NC(=O)C2CC(c3ccccn3)NN2)n[nH]1. The van der Waals surface area contributed by atoms with Gasteiger partial charge in [0.15, 0.2) is 5.82 Å². The monoisotopic (exact) mass is 365 g/mol. The van der Waals surface area contributed by atoms with Crippen molar-refractivity contribution in [3.05, 3.63) is 54.4 Å². The average Bonchev–Trinajstić information content (AvgIpc) is 3.38. The highest BCUT2D eigenvalue weighted by Crippen LogP contribution is 2.27. The minimum Gasteiger partial charge on any atom is -0.496 e. The molecule has 4 N–H and O–H groups in total. The molecule has 2 unspecified atom stereocenters. The zero-order valence-corrected chi connectivity index (χ0v) is 14.6. The number of para-hydroxylation sites is 1. The maximum absolute atomic E-state index is 12.5. The Morgan fingerprint density at radius 3 is 2.85 bits per heavy atom. The number of amides is 1. The molecule has 0 aliphatic carbocycles. The number of benzene rings is 1. The normalized spacial score (nSPS) is 19.0. The Morgan fingerprint density at radius 2 is 2.04 bits per heavy atom. The molecule has 138 valence electrons. The summed E-state index contributed by atoms with van der Waals surface area (Å²) in [6.07, 6.45) is 2.31. The fraction of sp³-hybridized carbons (Fsp3) is 0.222. The number of anilines is 1. The first-order chi connectivity index (χ1) is 13.2. The van der Waals surface area contributed by atoms with Crippen LogP contribution in [-0.4, -0.2) is 39.2 Å². The predicted molar refractivity (Wildman–Crippen MR) is 98.7 cm³/mol. The number of carbonyl (C=O) groups is 1. The van der Waals surface area contributed by atoms with Gasteiger partial charge < -0.3 is 4.74 Å². The van der Waals surface area contributed by atoms with E-state index >= 15 is 0 Å². The maximum Gasteiger partial charge on any atom is 0.249 e. The first kappa shape index (κ1) is 17.1. The minimum atomic E-state index is -0.412. The van der Waals surface area contributed by atoms with Gasteiger partial charge in [0.1, 0.15) is 11.8 Å². The molecule has 1 saturated heterocycles. The number of aromatic nitrogens is 4. The Bertz CT molecular complexity index is 928. The average molecular weight is 365 g/mol. The van der Waals surface area contributed by atoms with Crippen molar-refractivity contribution in [2.75, 3.05) is 12.4 Å². The second-order valence-corrected chi connectivity index (χ2v) is 6.08. The van der Waals surface area contributed by atoms with E-state index in [0.717, 1.165) is 11.3 Å². The van der Waals surface area contributed by atoms with E-state index in [1.54, 1.807) is 13.3 Å². The Morgan fingerprint density at radius 1 is 1.19 bits per heavy atom. The zero-order chi connectivity index (χ0) is 18.6. The molecule has 27 heavy (non-hydrogen) atoms. The molecule has 3 aromatic rings. The van der Waals surface area contributed by atoms with E-state index in [2.05, 4.69) is 36.3 Å². The quantitative estimate of drug-likeness (QED) is 0.540. The molecule has 0 bridgehead atoms. The standard InChI is InChI=1S/C18H19N7O2/c1-27-15-8-3-2-6-11(15)16-20-18(25-24-16)21-17(26)14-10-13(22-23-14)12-7-4-5-9-19-12/h2-9,13-14,22-23H,10H2,1H3,(H2,20,21,24,25,26). The smallest absolute Gasteiger partial charge is 0.249 e. The molecule has 1 aliphatic rings. The van der Waals surface area contributed by atoms with E-state index in [0.29, 0.717) is 18.0 Å². The van der Waals surface area contributed by atoms with Crippen LogP contribution in [-0.2, 0) is 4.79 Å². The Labute approximate surface area is 155 Å². The van der Waals surface area contributed by atoms with Gasteiger partial charge in [0, 0.05) is 6.20 Å². The van der Waals surface area contributed by atoms with E-state index in [-0.39, 0.29) is 17.9 Å². The number of hydrazine groups is 1. The summed E-state index contributed by atoms with van der Waals surface area (Å²) in [6.45, 7) is 0. The van der Waals surface area contributed by atoms with Crippen molar-refractivity contribution in [1.29, 1.82) is 0 Å². The van der Waals surface area contributed by atoms with Crippen LogP contribution in [0.2, 0.25) is 0 Å². The number of aromatic amines is 1. The third-order valence-electron chi connectivity index (χ3n) is 4.35. The van der Waals surface area contributed by atoms with E-state index in [1.807, 2.05) is 42.5 Å². The van der Waals surface area contributed by atoms with Crippen LogP contribution >= 0.6 is 0 Å². The Kier molecular flexibility index (Phi) is 4.77. The van der Waals surface area contributed by atoms with Gasteiger partial charge in [-0.15, -0.1) is 5.10 Å². The van der Waals surface area contributed by atoms with Crippen LogP contribution in [0.25, 0.3) is 11.4 Å². The number of rotatable bonds is 5. The lowest BCUT2D eigenvalue weighted by molar-refractivity contribution is -0.117. The molecule has 0 radical (unpaired) electrons. The third-order valence-corrected chi connectivity index (χ3v) is 4.35. The van der Waals surface area contributed by atoms with E-state index in [1.165, 1.54) is 0 Å². The molecule has 9 nitrogen and oxygen atoms in total. The molecule has 0 spiro atoms. The molecule has 1 aromatic carbocycles. The number of methoxy groups -OCH3 is 1. The van der Waals surface area contributed by atoms with Gasteiger partial charge >= 0.3 is 0 Å². The predicted octanol–water partition coefficient (Wildman–Crippen LogP) is 1.42. The zero-order valence-electron chi connectivity index (χ0n) is 14.6. The second kappa shape index (κ2) is 7.52. The Balaban J connectivity index is 1.42. The van der Waals surface area contributed by atoms with Gasteiger partial charge in [0.25, 0.3) is 0 Å². The summed E-state index contributed by atoms with van der Waals surface area (Å²) >= 11 is 0. The third kappa shape index (κ3) is 3.64. The van der Waals surface area contributed by atoms with Gasteiger partial charge in [0.2, 0.25) is 11.9 Å². The van der Waals surface area contributed by atoms with Crippen molar-refractivity contribution in [2.24, 2.45) is 0 Å². The molecule has 1 aliphatic heterocycles. The van der Waals surface area contributed by atoms with Crippen LogP contribution in [0.1, 0.15) is 18.2 Å². The summed E-state index contributed by atoms with van der Waals surface area (Å²) in [5, 5.41) is 9.63. The lowest BCUT2D eigenvalue weighted by Crippen LogP contribution is -2.39. The van der Waals surface area contributed by atoms with E-state index < -0.39 is 6.04 Å². The molecule has 4 rings (SSSR count). The first-order valence-corrected chi connectivity index (χ1v) is 8.53. The van der Waals surface area contributed by atoms with Crippen LogP contribution in [0.15, 0.2) is 48.7 Å². The molecule has 9 heteroatoms. The summed E-state index contributed by atoms with van der Waals surface area (Å²) in [7, 11) is 1.59. The fourth-order valence-electron chi connectivity index (χ4n) is 2.98. The van der Waals surface area contributed by atoms with Gasteiger partial charge in [0.05, 0.1) is 24.4 Å². The number of carbonyl (C=O) groups excluding carboxylic acids is 1. The highest BCUT2D eigenvalue weighted by molar-refractivity contribution is 5.93. The van der Waals surface area contributed by atoms with Crippen LogP contribution in [0, 0.1) is 0 Å². The van der Waals surface area contributed by atoms with Crippen molar-refractivity contribution in [3.63, 3.8) is 0 Å². The summed E-state index contributed by atoms with van der Waals surface area (Å²) in [4.78, 5) is 21.2. The minimum absolute atomic E-state index is 0.0294. The van der Waals surface area contributed by atoms with Crippen LogP contribution in [0.4, 0.5) is 5.95 Å². The van der Waals surface area contributed by atoms with Crippen LogP contribution in [0.5, 0.6) is 5.75 Å². The second-order valence-electron chi connectivity index (χ2n) is 6.08. The summed E-state index contributed by atoms with van der Waals surface area (Å²) in [5.74, 6) is 1.19. The highest BCUT2D eigenvalue weighted by atomic mass is 16.5. The first-order valence-electron chi connectivity index (χ1n) is 8.53. The number of ether oxygens (including phenoxy) is 1. The fourth-order valence-corrected chi connectivity index (χ4v) is 2.98. The van der Waals surface area contributed by atoms with Crippen molar-refractivity contribution >= 4 is 11.9 Å². The van der Waals surface area contributed by atoms with Crippen LogP contribution < -0.4 is 20.9 Å². The number of pyridine rings is 1. The molecule has 1 fully saturated rings. The highest BCUT2D eigenvalue weighted by Gasteiger charge is 2.31. The Hall–Kier alpha value is -3.30.